The molecule has 2 aromatic rings. The molecule has 2 aromatic carbocycles. The lowest BCUT2D eigenvalue weighted by atomic mass is 10.1. The minimum Gasteiger partial charge on any atom is -0.495 e. The third-order valence-corrected chi connectivity index (χ3v) is 4.51. The Morgan fingerprint density at radius 3 is 2.07 bits per heavy atom. The summed E-state index contributed by atoms with van der Waals surface area (Å²) >= 11 is 0. The van der Waals surface area contributed by atoms with Crippen molar-refractivity contribution in [3.05, 3.63) is 35.9 Å². The maximum absolute atomic E-state index is 12.5. The topological polar surface area (TPSA) is 112 Å². The number of benzene rings is 2. The van der Waals surface area contributed by atoms with E-state index in [1.807, 2.05) is 0 Å². The minimum atomic E-state index is -3.51. The monoisotopic (exact) mass is 424 g/mol. The van der Waals surface area contributed by atoms with Gasteiger partial charge in [0.1, 0.15) is 5.75 Å². The molecule has 10 heteroatoms. The quantitative estimate of drug-likeness (QED) is 0.635. The molecule has 0 heterocycles. The zero-order chi connectivity index (χ0) is 21.6. The molecule has 0 aliphatic carbocycles. The molecular weight excluding hydrogens is 400 g/mol. The van der Waals surface area contributed by atoms with Gasteiger partial charge in [-0.25, -0.2) is 8.42 Å². The normalized spacial score (nSPS) is 10.8. The van der Waals surface area contributed by atoms with Gasteiger partial charge < -0.3 is 24.3 Å². The Morgan fingerprint density at radius 2 is 1.52 bits per heavy atom. The van der Waals surface area contributed by atoms with Gasteiger partial charge in [-0.05, 0) is 24.3 Å². The first kappa shape index (κ1) is 22.2. The Bertz CT molecular complexity index is 990. The van der Waals surface area contributed by atoms with E-state index in [2.05, 4.69) is 10.0 Å². The van der Waals surface area contributed by atoms with Gasteiger partial charge in [-0.2, -0.15) is 0 Å². The Labute approximate surface area is 170 Å². The zero-order valence-electron chi connectivity index (χ0n) is 16.9. The Balaban J connectivity index is 2.24. The van der Waals surface area contributed by atoms with Gasteiger partial charge in [0.15, 0.2) is 11.5 Å². The van der Waals surface area contributed by atoms with Gasteiger partial charge in [0.05, 0.1) is 46.8 Å². The maximum atomic E-state index is 12.5. The lowest BCUT2D eigenvalue weighted by molar-refractivity contribution is -0.115. The van der Waals surface area contributed by atoms with E-state index in [1.54, 1.807) is 24.3 Å². The SMILES string of the molecule is COc1ccc(NC(=O)Cc2ccc(OC)c(OC)c2OC)cc1NS(C)(=O)=O. The first-order chi connectivity index (χ1) is 13.7. The van der Waals surface area contributed by atoms with E-state index < -0.39 is 10.0 Å². The zero-order valence-corrected chi connectivity index (χ0v) is 17.7. The van der Waals surface area contributed by atoms with E-state index in [1.165, 1.54) is 34.5 Å². The number of nitrogens with one attached hydrogen (secondary N) is 2. The van der Waals surface area contributed by atoms with Gasteiger partial charge in [-0.15, -0.1) is 0 Å². The number of hydrogen-bond donors (Lipinski definition) is 2. The fraction of sp³-hybridized carbons (Fsp3) is 0.316. The van der Waals surface area contributed by atoms with Crippen LogP contribution >= 0.6 is 0 Å². The first-order valence-electron chi connectivity index (χ1n) is 8.46. The maximum Gasteiger partial charge on any atom is 0.229 e. The summed E-state index contributed by atoms with van der Waals surface area (Å²) in [7, 11) is 2.38. The highest BCUT2D eigenvalue weighted by Gasteiger charge is 2.18. The molecule has 0 aromatic heterocycles. The highest BCUT2D eigenvalue weighted by Crippen LogP contribution is 2.40. The van der Waals surface area contributed by atoms with Crippen LogP contribution in [0, 0.1) is 0 Å². The minimum absolute atomic E-state index is 0.00436. The van der Waals surface area contributed by atoms with Crippen LogP contribution < -0.4 is 29.0 Å². The van der Waals surface area contributed by atoms with Crippen LogP contribution in [0.5, 0.6) is 23.0 Å². The standard InChI is InChI=1S/C19H24N2O7S/c1-25-15-9-7-13(11-14(15)21-29(5,23)24)20-17(22)10-12-6-8-16(26-2)19(28-4)18(12)27-3/h6-9,11,21H,10H2,1-5H3,(H,20,22). The summed E-state index contributed by atoms with van der Waals surface area (Å²) in [5.74, 6) is 1.28. The largest absolute Gasteiger partial charge is 0.495 e. The van der Waals surface area contributed by atoms with E-state index in [0.29, 0.717) is 34.2 Å². The van der Waals surface area contributed by atoms with Crippen LogP contribution in [0.1, 0.15) is 5.56 Å². The van der Waals surface area contributed by atoms with E-state index in [-0.39, 0.29) is 18.0 Å². The van der Waals surface area contributed by atoms with Crippen molar-refractivity contribution in [2.24, 2.45) is 0 Å². The third kappa shape index (κ3) is 5.67. The molecule has 0 aliphatic rings. The fourth-order valence-electron chi connectivity index (χ4n) is 2.75. The number of ether oxygens (including phenoxy) is 4. The molecule has 1 amide bonds. The molecule has 0 fully saturated rings. The number of anilines is 2. The number of rotatable bonds is 9. The molecular formula is C19H24N2O7S. The summed E-state index contributed by atoms with van der Waals surface area (Å²) in [6.07, 6.45) is 1.03. The highest BCUT2D eigenvalue weighted by atomic mass is 32.2. The molecule has 0 saturated carbocycles. The van der Waals surface area contributed by atoms with Crippen LogP contribution in [0.25, 0.3) is 0 Å². The summed E-state index contributed by atoms with van der Waals surface area (Å²) in [5, 5.41) is 2.73. The van der Waals surface area contributed by atoms with Crippen molar-refractivity contribution in [3.63, 3.8) is 0 Å². The Morgan fingerprint density at radius 1 is 0.897 bits per heavy atom. The first-order valence-corrected chi connectivity index (χ1v) is 10.3. The molecule has 0 radical (unpaired) electrons. The highest BCUT2D eigenvalue weighted by molar-refractivity contribution is 7.92. The lowest BCUT2D eigenvalue weighted by Gasteiger charge is -2.16. The van der Waals surface area contributed by atoms with Gasteiger partial charge in [0, 0.05) is 11.3 Å². The number of sulfonamides is 1. The average Bonchev–Trinajstić information content (AvgIpc) is 2.66. The fourth-order valence-corrected chi connectivity index (χ4v) is 3.30. The summed E-state index contributed by atoms with van der Waals surface area (Å²) in [5.41, 5.74) is 1.23. The number of hydrogen-bond acceptors (Lipinski definition) is 7. The molecule has 2 N–H and O–H groups in total. The Kier molecular flexibility index (Phi) is 7.16. The van der Waals surface area contributed by atoms with Crippen molar-refractivity contribution in [1.82, 2.24) is 0 Å². The summed E-state index contributed by atoms with van der Waals surface area (Å²) in [4.78, 5) is 12.5. The molecule has 2 rings (SSSR count). The molecule has 0 unspecified atom stereocenters. The van der Waals surface area contributed by atoms with Gasteiger partial charge >= 0.3 is 0 Å². The molecule has 9 nitrogen and oxygen atoms in total. The van der Waals surface area contributed by atoms with Gasteiger partial charge in [-0.3, -0.25) is 9.52 Å². The van der Waals surface area contributed by atoms with E-state index >= 15 is 0 Å². The second-order valence-corrected chi connectivity index (χ2v) is 7.76. The second kappa shape index (κ2) is 9.37. The summed E-state index contributed by atoms with van der Waals surface area (Å²) < 4.78 is 46.5. The van der Waals surface area contributed by atoms with Gasteiger partial charge in [-0.1, -0.05) is 6.07 Å². The average molecular weight is 424 g/mol. The van der Waals surface area contributed by atoms with Crippen LogP contribution in [-0.2, 0) is 21.2 Å². The van der Waals surface area contributed by atoms with Gasteiger partial charge in [0.2, 0.25) is 21.7 Å². The van der Waals surface area contributed by atoms with Crippen molar-refractivity contribution >= 4 is 27.3 Å². The molecule has 158 valence electrons. The molecule has 0 atom stereocenters. The van der Waals surface area contributed by atoms with Crippen LogP contribution in [0.15, 0.2) is 30.3 Å². The molecule has 0 bridgehead atoms. The van der Waals surface area contributed by atoms with E-state index in [4.69, 9.17) is 18.9 Å². The summed E-state index contributed by atoms with van der Waals surface area (Å²) in [6.45, 7) is 0. The number of carbonyl (C=O) groups is 1. The van der Waals surface area contributed by atoms with Gasteiger partial charge in [0.25, 0.3) is 0 Å². The molecule has 0 spiro atoms. The number of carbonyl (C=O) groups excluding carboxylic acids is 1. The number of amides is 1. The lowest BCUT2D eigenvalue weighted by Crippen LogP contribution is -2.16. The van der Waals surface area contributed by atoms with Crippen LogP contribution in [0.3, 0.4) is 0 Å². The molecule has 0 aliphatic heterocycles. The molecule has 29 heavy (non-hydrogen) atoms. The second-order valence-electron chi connectivity index (χ2n) is 6.01. The van der Waals surface area contributed by atoms with E-state index in [9.17, 15) is 13.2 Å². The molecule has 0 saturated heterocycles. The Hall–Kier alpha value is -3.14. The third-order valence-electron chi connectivity index (χ3n) is 3.92. The number of methoxy groups -OCH3 is 4. The summed E-state index contributed by atoms with van der Waals surface area (Å²) in [6, 6.07) is 8.04. The van der Waals surface area contributed by atoms with Crippen molar-refractivity contribution < 1.29 is 32.2 Å². The van der Waals surface area contributed by atoms with Crippen molar-refractivity contribution in [1.29, 1.82) is 0 Å². The van der Waals surface area contributed by atoms with Crippen LogP contribution in [0.4, 0.5) is 11.4 Å². The predicted molar refractivity (Wildman–Crippen MR) is 110 cm³/mol. The smallest absolute Gasteiger partial charge is 0.229 e. The van der Waals surface area contributed by atoms with Crippen LogP contribution in [0.2, 0.25) is 0 Å². The van der Waals surface area contributed by atoms with Crippen LogP contribution in [-0.4, -0.2) is 49.0 Å². The van der Waals surface area contributed by atoms with Crippen molar-refractivity contribution in [3.8, 4) is 23.0 Å². The van der Waals surface area contributed by atoms with Crippen molar-refractivity contribution in [2.45, 2.75) is 6.42 Å². The van der Waals surface area contributed by atoms with E-state index in [0.717, 1.165) is 6.26 Å². The van der Waals surface area contributed by atoms with Crippen molar-refractivity contribution in [2.75, 3.05) is 44.7 Å². The predicted octanol–water partition coefficient (Wildman–Crippen LogP) is 2.27.